The van der Waals surface area contributed by atoms with Crippen LogP contribution in [0, 0.1) is 0 Å². The number of H-pyrrole nitrogens is 1. The smallest absolute Gasteiger partial charge is 0.257 e. The van der Waals surface area contributed by atoms with E-state index in [1.54, 1.807) is 24.1 Å². The van der Waals surface area contributed by atoms with Gasteiger partial charge in [0.25, 0.3) is 5.91 Å². The predicted molar refractivity (Wildman–Crippen MR) is 106 cm³/mol. The Balaban J connectivity index is 1.46. The van der Waals surface area contributed by atoms with Gasteiger partial charge in [-0.3, -0.25) is 4.79 Å². The SMILES string of the molecule is CC(CN(C)C(=O)c1ccccc1OCc1cn2ccccc2n1)c1nn[nH]n1. The summed E-state index contributed by atoms with van der Waals surface area (Å²) in [4.78, 5) is 19.1. The summed E-state index contributed by atoms with van der Waals surface area (Å²) >= 11 is 0. The number of nitrogens with zero attached hydrogens (tertiary/aromatic N) is 6. The zero-order chi connectivity index (χ0) is 20.2. The highest BCUT2D eigenvalue weighted by atomic mass is 16.5. The number of aromatic amines is 1. The second-order valence-electron chi connectivity index (χ2n) is 6.84. The Kier molecular flexibility index (Phi) is 5.19. The van der Waals surface area contributed by atoms with E-state index in [4.69, 9.17) is 4.74 Å². The summed E-state index contributed by atoms with van der Waals surface area (Å²) in [5.74, 6) is 0.911. The second kappa shape index (κ2) is 8.09. The fourth-order valence-corrected chi connectivity index (χ4v) is 3.14. The summed E-state index contributed by atoms with van der Waals surface area (Å²) < 4.78 is 7.87. The van der Waals surface area contributed by atoms with Crippen LogP contribution in [0.3, 0.4) is 0 Å². The van der Waals surface area contributed by atoms with E-state index in [-0.39, 0.29) is 18.4 Å². The van der Waals surface area contributed by atoms with Crippen molar-refractivity contribution in [1.82, 2.24) is 34.9 Å². The topological polar surface area (TPSA) is 101 Å². The molecule has 9 heteroatoms. The molecule has 0 aliphatic carbocycles. The van der Waals surface area contributed by atoms with Crippen LogP contribution in [0.25, 0.3) is 5.65 Å². The quantitative estimate of drug-likeness (QED) is 0.519. The van der Waals surface area contributed by atoms with Crippen molar-refractivity contribution in [2.45, 2.75) is 19.4 Å². The highest BCUT2D eigenvalue weighted by Gasteiger charge is 2.20. The Morgan fingerprint density at radius 2 is 2.07 bits per heavy atom. The molecule has 148 valence electrons. The molecule has 9 nitrogen and oxygen atoms in total. The highest BCUT2D eigenvalue weighted by Crippen LogP contribution is 2.22. The molecule has 0 saturated heterocycles. The molecule has 0 spiro atoms. The number of imidazole rings is 1. The fourth-order valence-electron chi connectivity index (χ4n) is 3.14. The fraction of sp³-hybridized carbons (Fsp3) is 0.250. The predicted octanol–water partition coefficient (Wildman–Crippen LogP) is 2.30. The normalized spacial score (nSPS) is 12.1. The molecule has 1 aromatic carbocycles. The number of hydrogen-bond acceptors (Lipinski definition) is 6. The first kappa shape index (κ1) is 18.6. The van der Waals surface area contributed by atoms with Crippen LogP contribution in [0.4, 0.5) is 0 Å². The van der Waals surface area contributed by atoms with Crippen molar-refractivity contribution in [3.8, 4) is 5.75 Å². The third-order valence-corrected chi connectivity index (χ3v) is 4.60. The average Bonchev–Trinajstić information content (AvgIpc) is 3.41. The number of nitrogens with one attached hydrogen (secondary N) is 1. The zero-order valence-corrected chi connectivity index (χ0v) is 16.2. The van der Waals surface area contributed by atoms with Gasteiger partial charge in [0.05, 0.1) is 11.3 Å². The number of pyridine rings is 1. The lowest BCUT2D eigenvalue weighted by atomic mass is 10.1. The number of rotatable bonds is 7. The van der Waals surface area contributed by atoms with Crippen LogP contribution in [-0.2, 0) is 6.61 Å². The molecule has 0 bridgehead atoms. The van der Waals surface area contributed by atoms with Gasteiger partial charge in [0, 0.05) is 31.9 Å². The standard InChI is InChI=1S/C20H21N7O2/c1-14(19-22-24-25-23-19)11-26(2)20(28)16-7-3-4-8-17(16)29-13-15-12-27-10-6-5-9-18(27)21-15/h3-10,12,14H,11,13H2,1-2H3,(H,22,23,24,25). The Bertz CT molecular complexity index is 1070. The van der Waals surface area contributed by atoms with Crippen LogP contribution in [0.1, 0.15) is 34.7 Å². The summed E-state index contributed by atoms with van der Waals surface area (Å²) in [6.45, 7) is 2.68. The minimum Gasteiger partial charge on any atom is -0.486 e. The van der Waals surface area contributed by atoms with E-state index in [9.17, 15) is 4.79 Å². The summed E-state index contributed by atoms with van der Waals surface area (Å²) in [6, 6.07) is 13.0. The average molecular weight is 391 g/mol. The maximum Gasteiger partial charge on any atom is 0.257 e. The highest BCUT2D eigenvalue weighted by molar-refractivity contribution is 5.96. The monoisotopic (exact) mass is 391 g/mol. The van der Waals surface area contributed by atoms with Gasteiger partial charge in [0.2, 0.25) is 0 Å². The number of ether oxygens (including phenoxy) is 1. The molecule has 4 aromatic rings. The molecule has 1 amide bonds. The third kappa shape index (κ3) is 4.08. The molecule has 4 rings (SSSR count). The van der Waals surface area contributed by atoms with Crippen LogP contribution < -0.4 is 4.74 Å². The third-order valence-electron chi connectivity index (χ3n) is 4.60. The number of amides is 1. The molecule has 0 aliphatic rings. The lowest BCUT2D eigenvalue weighted by Gasteiger charge is -2.21. The number of aromatic nitrogens is 6. The van der Waals surface area contributed by atoms with Crippen molar-refractivity contribution in [3.63, 3.8) is 0 Å². The van der Waals surface area contributed by atoms with Gasteiger partial charge in [-0.2, -0.15) is 5.21 Å². The van der Waals surface area contributed by atoms with Crippen molar-refractivity contribution >= 4 is 11.6 Å². The molecule has 0 radical (unpaired) electrons. The number of tetrazole rings is 1. The summed E-state index contributed by atoms with van der Waals surface area (Å²) in [6.07, 6.45) is 3.85. The summed E-state index contributed by atoms with van der Waals surface area (Å²) in [5, 5.41) is 14.0. The number of benzene rings is 1. The summed E-state index contributed by atoms with van der Waals surface area (Å²) in [7, 11) is 1.75. The Labute approximate surface area is 167 Å². The lowest BCUT2D eigenvalue weighted by Crippen LogP contribution is -2.31. The molecule has 1 atom stereocenters. The second-order valence-corrected chi connectivity index (χ2v) is 6.84. The zero-order valence-electron chi connectivity index (χ0n) is 16.2. The van der Waals surface area contributed by atoms with Crippen molar-refractivity contribution in [3.05, 3.63) is 71.9 Å². The Morgan fingerprint density at radius 1 is 1.24 bits per heavy atom. The van der Waals surface area contributed by atoms with E-state index in [1.807, 2.05) is 54.0 Å². The number of hydrogen-bond donors (Lipinski definition) is 1. The molecule has 3 aromatic heterocycles. The number of carbonyl (C=O) groups is 1. The first-order valence-electron chi connectivity index (χ1n) is 9.25. The van der Waals surface area contributed by atoms with Gasteiger partial charge in [0.1, 0.15) is 18.0 Å². The van der Waals surface area contributed by atoms with E-state index in [1.165, 1.54) is 0 Å². The summed E-state index contributed by atoms with van der Waals surface area (Å²) in [5.41, 5.74) is 2.14. The first-order valence-corrected chi connectivity index (χ1v) is 9.25. The van der Waals surface area contributed by atoms with Gasteiger partial charge < -0.3 is 14.0 Å². The van der Waals surface area contributed by atoms with Crippen molar-refractivity contribution in [2.24, 2.45) is 0 Å². The maximum atomic E-state index is 13.0. The van der Waals surface area contributed by atoms with Crippen LogP contribution in [-0.4, -0.2) is 54.4 Å². The van der Waals surface area contributed by atoms with E-state index >= 15 is 0 Å². The molecule has 1 unspecified atom stereocenters. The number of fused-ring (bicyclic) bond motifs is 1. The van der Waals surface area contributed by atoms with Crippen molar-refractivity contribution in [2.75, 3.05) is 13.6 Å². The minimum absolute atomic E-state index is 0.0475. The molecule has 0 saturated carbocycles. The Hall–Kier alpha value is -3.75. The van der Waals surface area contributed by atoms with Gasteiger partial charge >= 0.3 is 0 Å². The molecular weight excluding hydrogens is 370 g/mol. The van der Waals surface area contributed by atoms with Gasteiger partial charge in [0.15, 0.2) is 5.82 Å². The van der Waals surface area contributed by atoms with E-state index < -0.39 is 0 Å². The Morgan fingerprint density at radius 3 is 2.86 bits per heavy atom. The van der Waals surface area contributed by atoms with Crippen molar-refractivity contribution in [1.29, 1.82) is 0 Å². The van der Waals surface area contributed by atoms with Crippen molar-refractivity contribution < 1.29 is 9.53 Å². The van der Waals surface area contributed by atoms with Gasteiger partial charge in [-0.1, -0.05) is 30.3 Å². The molecule has 0 aliphatic heterocycles. The molecule has 1 N–H and O–H groups in total. The van der Waals surface area contributed by atoms with Crippen LogP contribution >= 0.6 is 0 Å². The van der Waals surface area contributed by atoms with Crippen LogP contribution in [0.2, 0.25) is 0 Å². The number of para-hydroxylation sites is 1. The van der Waals surface area contributed by atoms with Crippen LogP contribution in [0.15, 0.2) is 54.9 Å². The minimum atomic E-state index is -0.133. The largest absolute Gasteiger partial charge is 0.486 e. The number of likely N-dealkylation sites (N-methyl/N-ethyl adjacent to an activating group) is 1. The first-order chi connectivity index (χ1) is 14.1. The van der Waals surface area contributed by atoms with Gasteiger partial charge in [-0.25, -0.2) is 4.98 Å². The van der Waals surface area contributed by atoms with Gasteiger partial charge in [-0.15, -0.1) is 10.2 Å². The van der Waals surface area contributed by atoms with Crippen LogP contribution in [0.5, 0.6) is 5.75 Å². The molecule has 29 heavy (non-hydrogen) atoms. The van der Waals surface area contributed by atoms with Gasteiger partial charge in [-0.05, 0) is 24.3 Å². The molecular formula is C20H21N7O2. The number of carbonyl (C=O) groups excluding carboxylic acids is 1. The molecule has 3 heterocycles. The van der Waals surface area contributed by atoms with E-state index in [2.05, 4.69) is 25.6 Å². The maximum absolute atomic E-state index is 13.0. The molecule has 0 fully saturated rings. The van der Waals surface area contributed by atoms with E-state index in [0.29, 0.717) is 23.7 Å². The lowest BCUT2D eigenvalue weighted by molar-refractivity contribution is 0.0782. The van der Waals surface area contributed by atoms with E-state index in [0.717, 1.165) is 11.3 Å².